The predicted molar refractivity (Wildman–Crippen MR) is 140 cm³/mol. The highest BCUT2D eigenvalue weighted by molar-refractivity contribution is 5.69. The van der Waals surface area contributed by atoms with Crippen LogP contribution in [0.5, 0.6) is 5.75 Å². The Morgan fingerprint density at radius 2 is 1.92 bits per heavy atom. The second kappa shape index (κ2) is 10.7. The Hall–Kier alpha value is -3.38. The third-order valence-electron chi connectivity index (χ3n) is 7.18. The summed E-state index contributed by atoms with van der Waals surface area (Å²) in [7, 11) is 1.73. The van der Waals surface area contributed by atoms with E-state index in [0.29, 0.717) is 5.69 Å². The number of pyridine rings is 1. The molecule has 1 fully saturated rings. The molecule has 0 aromatic carbocycles. The van der Waals surface area contributed by atoms with Gasteiger partial charge < -0.3 is 9.64 Å². The van der Waals surface area contributed by atoms with Crippen molar-refractivity contribution in [3.63, 3.8) is 0 Å². The number of imidazole rings is 1. The van der Waals surface area contributed by atoms with Gasteiger partial charge in [0.2, 0.25) is 0 Å². The van der Waals surface area contributed by atoms with Crippen molar-refractivity contribution >= 4 is 11.3 Å². The van der Waals surface area contributed by atoms with Crippen LogP contribution in [-0.2, 0) is 13.5 Å². The zero-order valence-corrected chi connectivity index (χ0v) is 22.2. The number of nitriles is 1. The molecule has 0 radical (unpaired) electrons. The maximum Gasteiger partial charge on any atom is 0.267 e. The van der Waals surface area contributed by atoms with Crippen LogP contribution in [0.2, 0.25) is 0 Å². The molecule has 1 saturated heterocycles. The van der Waals surface area contributed by atoms with Gasteiger partial charge in [-0.2, -0.15) is 5.26 Å². The molecule has 0 amide bonds. The van der Waals surface area contributed by atoms with Crippen LogP contribution < -0.4 is 15.2 Å². The lowest BCUT2D eigenvalue weighted by atomic mass is 9.98. The molecule has 36 heavy (non-hydrogen) atoms. The van der Waals surface area contributed by atoms with Gasteiger partial charge in [0.1, 0.15) is 5.75 Å². The lowest BCUT2D eigenvalue weighted by Crippen LogP contribution is -2.59. The van der Waals surface area contributed by atoms with E-state index in [9.17, 15) is 4.79 Å². The van der Waals surface area contributed by atoms with Crippen LogP contribution in [0.15, 0.2) is 35.4 Å². The predicted octanol–water partition coefficient (Wildman–Crippen LogP) is 3.72. The number of fused-ring (bicyclic) bond motifs is 1. The fourth-order valence-electron chi connectivity index (χ4n) is 5.19. The Morgan fingerprint density at radius 1 is 1.17 bits per heavy atom. The molecule has 4 heterocycles. The monoisotopic (exact) mass is 491 g/mol. The van der Waals surface area contributed by atoms with Gasteiger partial charge in [-0.3, -0.25) is 14.7 Å². The van der Waals surface area contributed by atoms with E-state index in [4.69, 9.17) is 20.0 Å². The minimum absolute atomic E-state index is 0.0926. The molecule has 3 aromatic heterocycles. The van der Waals surface area contributed by atoms with Crippen molar-refractivity contribution in [2.24, 2.45) is 7.05 Å². The van der Waals surface area contributed by atoms with Crippen LogP contribution in [0.4, 0.5) is 5.69 Å². The molecule has 4 rings (SSSR count). The first-order valence-electron chi connectivity index (χ1n) is 12.9. The van der Waals surface area contributed by atoms with Crippen LogP contribution in [0.3, 0.4) is 0 Å². The molecule has 9 heteroatoms. The third-order valence-corrected chi connectivity index (χ3v) is 7.18. The summed E-state index contributed by atoms with van der Waals surface area (Å²) in [5.41, 5.74) is 3.17. The molecule has 192 valence electrons. The normalized spacial score (nSPS) is 19.6. The Kier molecular flexibility index (Phi) is 7.65. The summed E-state index contributed by atoms with van der Waals surface area (Å²) in [6.07, 6.45) is 5.84. The van der Waals surface area contributed by atoms with Crippen LogP contribution in [0, 0.1) is 11.3 Å². The molecule has 2 unspecified atom stereocenters. The fraction of sp³-hybridized carbons (Fsp3) is 0.556. The van der Waals surface area contributed by atoms with E-state index in [1.165, 1.54) is 0 Å². The number of hydrogen-bond acceptors (Lipinski definition) is 7. The van der Waals surface area contributed by atoms with Crippen molar-refractivity contribution in [1.29, 1.82) is 5.26 Å². The molecule has 9 nitrogen and oxygen atoms in total. The van der Waals surface area contributed by atoms with Crippen molar-refractivity contribution in [2.75, 3.05) is 18.0 Å². The molecule has 0 N–H and O–H groups in total. The molecule has 3 atom stereocenters. The van der Waals surface area contributed by atoms with E-state index in [1.807, 2.05) is 26.1 Å². The Labute approximate surface area is 212 Å². The Balaban J connectivity index is 1.65. The maximum atomic E-state index is 12.9. The number of nitrogens with zero attached hydrogens (tertiary/aromatic N) is 7. The number of hydrogen-bond donors (Lipinski definition) is 0. The first-order valence-corrected chi connectivity index (χ1v) is 12.9. The number of piperazine rings is 1. The summed E-state index contributed by atoms with van der Waals surface area (Å²) >= 11 is 0. The van der Waals surface area contributed by atoms with Crippen LogP contribution >= 0.6 is 0 Å². The van der Waals surface area contributed by atoms with Gasteiger partial charge in [-0.05, 0) is 45.7 Å². The summed E-state index contributed by atoms with van der Waals surface area (Å²) in [6.45, 7) is 12.3. The van der Waals surface area contributed by atoms with Crippen LogP contribution in [-0.4, -0.2) is 55.3 Å². The van der Waals surface area contributed by atoms with Gasteiger partial charge in [0.05, 0.1) is 48.1 Å². The Morgan fingerprint density at radius 3 is 2.53 bits per heavy atom. The number of rotatable bonds is 8. The van der Waals surface area contributed by atoms with Gasteiger partial charge in [0.15, 0.2) is 5.65 Å². The summed E-state index contributed by atoms with van der Waals surface area (Å²) in [5, 5.41) is 9.17. The standard InChI is InChI=1S/C27H37N7O2/c1-7-21-17-33(25-13-26(35)31(6)34-15-20(11-12-28)30-27(25)34)22(8-2)16-32(21)19(5)24-10-9-23(14-29-24)36-18(3)4/h9-10,13-15,18-19,21-22H,7-8,11,16-17H2,1-6H3/t19?,21-,22?/m1/s1. The van der Waals surface area contributed by atoms with Gasteiger partial charge >= 0.3 is 0 Å². The van der Waals surface area contributed by atoms with Crippen LogP contribution in [0.25, 0.3) is 5.65 Å². The second-order valence-electron chi connectivity index (χ2n) is 9.86. The summed E-state index contributed by atoms with van der Waals surface area (Å²) in [6, 6.07) is 8.57. The number of anilines is 1. The number of aryl methyl sites for hydroxylation is 1. The molecule has 0 saturated carbocycles. The number of ether oxygens (including phenoxy) is 1. The molecule has 1 aliphatic heterocycles. The van der Waals surface area contributed by atoms with E-state index in [2.05, 4.69) is 42.7 Å². The van der Waals surface area contributed by atoms with Crippen molar-refractivity contribution in [3.05, 3.63) is 52.3 Å². The second-order valence-corrected chi connectivity index (χ2v) is 9.86. The van der Waals surface area contributed by atoms with Gasteiger partial charge in [0.25, 0.3) is 5.56 Å². The lowest BCUT2D eigenvalue weighted by Gasteiger charge is -2.49. The summed E-state index contributed by atoms with van der Waals surface area (Å²) in [5.74, 6) is 0.786. The molecule has 3 aromatic rings. The van der Waals surface area contributed by atoms with E-state index in [1.54, 1.807) is 28.5 Å². The molecular formula is C27H37N7O2. The quantitative estimate of drug-likeness (QED) is 0.474. The molecule has 1 aliphatic rings. The minimum Gasteiger partial charge on any atom is -0.489 e. The highest BCUT2D eigenvalue weighted by Gasteiger charge is 2.36. The van der Waals surface area contributed by atoms with Gasteiger partial charge in [-0.25, -0.2) is 14.2 Å². The average molecular weight is 492 g/mol. The average Bonchev–Trinajstić information content (AvgIpc) is 3.29. The first kappa shape index (κ1) is 25.7. The van der Waals surface area contributed by atoms with Gasteiger partial charge in [-0.15, -0.1) is 0 Å². The van der Waals surface area contributed by atoms with E-state index in [-0.39, 0.29) is 36.2 Å². The highest BCUT2D eigenvalue weighted by Crippen LogP contribution is 2.33. The molecule has 0 bridgehead atoms. The zero-order valence-electron chi connectivity index (χ0n) is 22.2. The third kappa shape index (κ3) is 4.96. The molecule has 0 spiro atoms. The van der Waals surface area contributed by atoms with E-state index < -0.39 is 0 Å². The van der Waals surface area contributed by atoms with Crippen molar-refractivity contribution in [3.8, 4) is 11.8 Å². The first-order chi connectivity index (χ1) is 17.3. The molecule has 0 aliphatic carbocycles. The minimum atomic E-state index is -0.0926. The van der Waals surface area contributed by atoms with Crippen LogP contribution in [0.1, 0.15) is 64.9 Å². The largest absolute Gasteiger partial charge is 0.489 e. The summed E-state index contributed by atoms with van der Waals surface area (Å²) in [4.78, 5) is 27.2. The van der Waals surface area contributed by atoms with Gasteiger partial charge in [-0.1, -0.05) is 13.8 Å². The van der Waals surface area contributed by atoms with Crippen molar-refractivity contribution in [2.45, 2.75) is 78.1 Å². The van der Waals surface area contributed by atoms with E-state index >= 15 is 0 Å². The van der Waals surface area contributed by atoms with E-state index in [0.717, 1.165) is 48.7 Å². The SMILES string of the molecule is CCC1CN(C(C)c2ccc(OC(C)C)cn2)[C@H](CC)CN1c1cc(=O)n(C)n2cc(CC#N)nc12. The zero-order chi connectivity index (χ0) is 26.0. The Bertz CT molecular complexity index is 1290. The lowest BCUT2D eigenvalue weighted by molar-refractivity contribution is 0.0990. The van der Waals surface area contributed by atoms with Crippen molar-refractivity contribution in [1.82, 2.24) is 24.1 Å². The smallest absolute Gasteiger partial charge is 0.267 e. The topological polar surface area (TPSA) is 91.7 Å². The maximum absolute atomic E-state index is 12.9. The van der Waals surface area contributed by atoms with Crippen molar-refractivity contribution < 1.29 is 4.74 Å². The fourth-order valence-corrected chi connectivity index (χ4v) is 5.19. The summed E-state index contributed by atoms with van der Waals surface area (Å²) < 4.78 is 9.09. The number of aromatic nitrogens is 4. The molecular weight excluding hydrogens is 454 g/mol. The highest BCUT2D eigenvalue weighted by atomic mass is 16.5. The van der Waals surface area contributed by atoms with Gasteiger partial charge in [0, 0.05) is 44.3 Å².